The maximum absolute atomic E-state index is 12.4. The van der Waals surface area contributed by atoms with E-state index in [4.69, 9.17) is 4.74 Å². The van der Waals surface area contributed by atoms with Crippen LogP contribution >= 0.6 is 0 Å². The number of rotatable bonds is 7. The molecule has 1 aromatic carbocycles. The Morgan fingerprint density at radius 3 is 2.72 bits per heavy atom. The number of hydrogen-bond acceptors (Lipinski definition) is 6. The van der Waals surface area contributed by atoms with Gasteiger partial charge in [0.25, 0.3) is 5.91 Å². The molecule has 164 valence electrons. The molecule has 0 unspecified atom stereocenters. The summed E-state index contributed by atoms with van der Waals surface area (Å²) in [6, 6.07) is 14.6. The van der Waals surface area contributed by atoms with E-state index in [1.54, 1.807) is 31.6 Å². The quantitative estimate of drug-likeness (QED) is 0.447. The number of carbonyl (C=O) groups excluding carboxylic acids is 1. The van der Waals surface area contributed by atoms with Crippen LogP contribution in [0.1, 0.15) is 28.7 Å². The number of methoxy groups -OCH3 is 1. The lowest BCUT2D eigenvalue weighted by Crippen LogP contribution is -2.32. The molecule has 2 N–H and O–H groups in total. The van der Waals surface area contributed by atoms with E-state index in [0.717, 1.165) is 33.5 Å². The Morgan fingerprint density at radius 1 is 1.16 bits per heavy atom. The summed E-state index contributed by atoms with van der Waals surface area (Å²) in [5.41, 5.74) is 4.38. The minimum atomic E-state index is -3.67. The number of amides is 1. The Morgan fingerprint density at radius 2 is 2.00 bits per heavy atom. The van der Waals surface area contributed by atoms with Crippen LogP contribution in [0.5, 0.6) is 5.75 Å². The fourth-order valence-electron chi connectivity index (χ4n) is 3.45. The molecule has 0 aliphatic heterocycles. The van der Waals surface area contributed by atoms with Crippen molar-refractivity contribution in [3.8, 4) is 17.0 Å². The normalized spacial score (nSPS) is 11.4. The Labute approximate surface area is 185 Å². The maximum atomic E-state index is 12.4. The predicted octanol–water partition coefficient (Wildman–Crippen LogP) is 3.30. The largest absolute Gasteiger partial charge is 0.497 e. The number of nitrogens with zero attached hydrogens (tertiary/aromatic N) is 2. The molecule has 0 atom stereocenters. The van der Waals surface area contributed by atoms with E-state index in [-0.39, 0.29) is 11.4 Å². The van der Waals surface area contributed by atoms with Gasteiger partial charge in [-0.15, -0.1) is 0 Å². The molecule has 0 aliphatic rings. The number of hydrogen-bond donors (Lipinski definition) is 2. The van der Waals surface area contributed by atoms with Crippen molar-refractivity contribution in [2.75, 3.05) is 12.9 Å². The van der Waals surface area contributed by atoms with Crippen LogP contribution in [0.3, 0.4) is 0 Å². The number of fused-ring (bicyclic) bond motifs is 1. The molecule has 0 fully saturated rings. The number of H-pyrrole nitrogens is 1. The summed E-state index contributed by atoms with van der Waals surface area (Å²) in [4.78, 5) is 24.4. The van der Waals surface area contributed by atoms with E-state index in [0.29, 0.717) is 12.1 Å². The van der Waals surface area contributed by atoms with Crippen LogP contribution in [-0.4, -0.2) is 42.1 Å². The predicted molar refractivity (Wildman–Crippen MR) is 122 cm³/mol. The maximum Gasteiger partial charge on any atom is 0.283 e. The SMILES string of the molecule is CCS(=O)(=O)NC(=O)c1cccc(Cc2c(-c3cccnc3)[nH]c3cc(OC)ccc23)n1. The Kier molecular flexibility index (Phi) is 5.91. The molecule has 3 aromatic heterocycles. The second-order valence-corrected chi connectivity index (χ2v) is 9.17. The third-order valence-electron chi connectivity index (χ3n) is 5.09. The molecule has 8 nitrogen and oxygen atoms in total. The van der Waals surface area contributed by atoms with Crippen molar-refractivity contribution in [1.82, 2.24) is 19.7 Å². The van der Waals surface area contributed by atoms with Crippen LogP contribution in [0.15, 0.2) is 60.9 Å². The van der Waals surface area contributed by atoms with Crippen molar-refractivity contribution in [2.45, 2.75) is 13.3 Å². The van der Waals surface area contributed by atoms with E-state index in [9.17, 15) is 13.2 Å². The highest BCUT2D eigenvalue weighted by Crippen LogP contribution is 2.33. The lowest BCUT2D eigenvalue weighted by molar-refractivity contribution is 0.0976. The number of sulfonamides is 1. The second kappa shape index (κ2) is 8.80. The van der Waals surface area contributed by atoms with Gasteiger partial charge in [0.05, 0.1) is 18.6 Å². The third kappa shape index (κ3) is 4.47. The fraction of sp³-hybridized carbons (Fsp3) is 0.174. The topological polar surface area (TPSA) is 114 Å². The molecule has 0 bridgehead atoms. The average Bonchev–Trinajstić information content (AvgIpc) is 3.17. The summed E-state index contributed by atoms with van der Waals surface area (Å²) in [5.74, 6) is -0.201. The van der Waals surface area contributed by atoms with Crippen LogP contribution in [-0.2, 0) is 16.4 Å². The van der Waals surface area contributed by atoms with Crippen molar-refractivity contribution in [3.05, 3.63) is 77.9 Å². The molecule has 4 aromatic rings. The average molecular weight is 451 g/mol. The summed E-state index contributed by atoms with van der Waals surface area (Å²) in [5, 5.41) is 0.995. The van der Waals surface area contributed by atoms with Crippen molar-refractivity contribution in [1.29, 1.82) is 0 Å². The fourth-order valence-corrected chi connectivity index (χ4v) is 3.99. The van der Waals surface area contributed by atoms with Gasteiger partial charge in [-0.25, -0.2) is 18.1 Å². The number of ether oxygens (including phenoxy) is 1. The highest BCUT2D eigenvalue weighted by atomic mass is 32.2. The zero-order valence-corrected chi connectivity index (χ0v) is 18.4. The zero-order chi connectivity index (χ0) is 22.7. The van der Waals surface area contributed by atoms with Crippen molar-refractivity contribution in [2.24, 2.45) is 0 Å². The first-order valence-corrected chi connectivity index (χ1v) is 11.6. The minimum Gasteiger partial charge on any atom is -0.497 e. The first-order valence-electron chi connectivity index (χ1n) is 10.00. The molecule has 1 amide bonds. The van der Waals surface area contributed by atoms with Crippen LogP contribution in [0.25, 0.3) is 22.2 Å². The van der Waals surface area contributed by atoms with Crippen LogP contribution < -0.4 is 9.46 Å². The molecule has 0 saturated carbocycles. The van der Waals surface area contributed by atoms with E-state index in [1.165, 1.54) is 13.0 Å². The number of carbonyl (C=O) groups is 1. The van der Waals surface area contributed by atoms with Gasteiger partial charge < -0.3 is 9.72 Å². The smallest absolute Gasteiger partial charge is 0.283 e. The summed E-state index contributed by atoms with van der Waals surface area (Å²) in [7, 11) is -2.05. The number of aromatic amines is 1. The molecule has 9 heteroatoms. The molecule has 3 heterocycles. The van der Waals surface area contributed by atoms with Gasteiger partial charge in [0, 0.05) is 47.0 Å². The number of benzene rings is 1. The van der Waals surface area contributed by atoms with Gasteiger partial charge >= 0.3 is 0 Å². The minimum absolute atomic E-state index is 0.0453. The molecule has 32 heavy (non-hydrogen) atoms. The first-order chi connectivity index (χ1) is 15.4. The molecule has 0 saturated heterocycles. The van der Waals surface area contributed by atoms with Crippen LogP contribution in [0.4, 0.5) is 0 Å². The van der Waals surface area contributed by atoms with E-state index in [2.05, 4.69) is 15.0 Å². The summed E-state index contributed by atoms with van der Waals surface area (Å²) in [6.07, 6.45) is 3.92. The summed E-state index contributed by atoms with van der Waals surface area (Å²) in [6.45, 7) is 1.46. The van der Waals surface area contributed by atoms with Gasteiger partial charge in [0.2, 0.25) is 10.0 Å². The molecule has 0 aliphatic carbocycles. The molecular weight excluding hydrogens is 428 g/mol. The Bertz CT molecular complexity index is 1380. The highest BCUT2D eigenvalue weighted by Gasteiger charge is 2.18. The third-order valence-corrected chi connectivity index (χ3v) is 6.35. The van der Waals surface area contributed by atoms with E-state index in [1.807, 2.05) is 35.1 Å². The number of pyridine rings is 2. The van der Waals surface area contributed by atoms with E-state index < -0.39 is 15.9 Å². The first kappa shape index (κ1) is 21.5. The Balaban J connectivity index is 1.75. The van der Waals surface area contributed by atoms with Crippen molar-refractivity contribution in [3.63, 3.8) is 0 Å². The van der Waals surface area contributed by atoms with Crippen LogP contribution in [0.2, 0.25) is 0 Å². The standard InChI is InChI=1S/C23H22N4O4S/c1-3-32(29,30)27-23(28)20-8-4-7-16(25-20)12-19-18-10-9-17(31-2)13-21(18)26-22(19)15-6-5-11-24-14-15/h4-11,13-14,26H,3,12H2,1-2H3,(H,27,28). The lowest BCUT2D eigenvalue weighted by atomic mass is 10.0. The van der Waals surface area contributed by atoms with Crippen LogP contribution in [0, 0.1) is 0 Å². The monoisotopic (exact) mass is 450 g/mol. The van der Waals surface area contributed by atoms with Crippen molar-refractivity contribution >= 4 is 26.8 Å². The highest BCUT2D eigenvalue weighted by molar-refractivity contribution is 7.90. The van der Waals surface area contributed by atoms with Crippen molar-refractivity contribution < 1.29 is 17.9 Å². The summed E-state index contributed by atoms with van der Waals surface area (Å²) < 4.78 is 30.9. The molecular formula is C23H22N4O4S. The van der Waals surface area contributed by atoms with Gasteiger partial charge in [-0.1, -0.05) is 6.07 Å². The van der Waals surface area contributed by atoms with Gasteiger partial charge in [0.15, 0.2) is 0 Å². The van der Waals surface area contributed by atoms with Gasteiger partial charge in [-0.3, -0.25) is 9.78 Å². The second-order valence-electron chi connectivity index (χ2n) is 7.16. The number of aromatic nitrogens is 3. The Hall–Kier alpha value is -3.72. The molecule has 0 spiro atoms. The lowest BCUT2D eigenvalue weighted by Gasteiger charge is -2.08. The summed E-state index contributed by atoms with van der Waals surface area (Å²) >= 11 is 0. The molecule has 4 rings (SSSR count). The van der Waals surface area contributed by atoms with E-state index >= 15 is 0 Å². The number of nitrogens with one attached hydrogen (secondary N) is 2. The zero-order valence-electron chi connectivity index (χ0n) is 17.6. The van der Waals surface area contributed by atoms with Gasteiger partial charge in [-0.2, -0.15) is 0 Å². The van der Waals surface area contributed by atoms with Gasteiger partial charge in [-0.05, 0) is 48.9 Å². The molecule has 0 radical (unpaired) electrons. The van der Waals surface area contributed by atoms with Gasteiger partial charge in [0.1, 0.15) is 11.4 Å².